The lowest BCUT2D eigenvalue weighted by Gasteiger charge is -2.02. The van der Waals surface area contributed by atoms with Crippen LogP contribution in [-0.2, 0) is 13.2 Å². The Hall–Kier alpha value is -1.16. The summed E-state index contributed by atoms with van der Waals surface area (Å²) in [6.07, 6.45) is 0.863. The summed E-state index contributed by atoms with van der Waals surface area (Å²) in [5, 5.41) is 12.7. The van der Waals surface area contributed by atoms with E-state index in [1.54, 1.807) is 0 Å². The Bertz CT molecular complexity index is 306. The first-order chi connectivity index (χ1) is 5.77. The zero-order chi connectivity index (χ0) is 8.97. The van der Waals surface area contributed by atoms with E-state index in [1.807, 2.05) is 6.92 Å². The van der Waals surface area contributed by atoms with E-state index in [0.29, 0.717) is 12.2 Å². The molecule has 0 atom stereocenters. The standard InChI is InChI=1S/C8H12N2O2/c1-2-5-10-8(12)4-3-7(6-11)9-10/h3-4,11H,2,5-6H2,1H3. The first kappa shape index (κ1) is 8.93. The molecule has 1 aromatic rings. The van der Waals surface area contributed by atoms with E-state index in [0.717, 1.165) is 6.42 Å². The molecule has 0 aliphatic carbocycles. The molecule has 0 saturated heterocycles. The van der Waals surface area contributed by atoms with Crippen molar-refractivity contribution in [2.24, 2.45) is 0 Å². The van der Waals surface area contributed by atoms with Crippen LogP contribution in [-0.4, -0.2) is 14.9 Å². The van der Waals surface area contributed by atoms with E-state index < -0.39 is 0 Å². The molecular weight excluding hydrogens is 156 g/mol. The number of hydrogen-bond donors (Lipinski definition) is 1. The lowest BCUT2D eigenvalue weighted by molar-refractivity contribution is 0.272. The van der Waals surface area contributed by atoms with Gasteiger partial charge in [0.1, 0.15) is 0 Å². The Morgan fingerprint density at radius 2 is 2.33 bits per heavy atom. The monoisotopic (exact) mass is 168 g/mol. The van der Waals surface area contributed by atoms with Crippen LogP contribution in [0, 0.1) is 0 Å². The van der Waals surface area contributed by atoms with Crippen LogP contribution in [0.3, 0.4) is 0 Å². The molecule has 0 aromatic carbocycles. The van der Waals surface area contributed by atoms with Gasteiger partial charge in [0.15, 0.2) is 0 Å². The second-order valence-electron chi connectivity index (χ2n) is 2.54. The Kier molecular flexibility index (Phi) is 2.99. The summed E-state index contributed by atoms with van der Waals surface area (Å²) in [5.41, 5.74) is 0.414. The quantitative estimate of drug-likeness (QED) is 0.698. The van der Waals surface area contributed by atoms with Crippen molar-refractivity contribution in [3.05, 3.63) is 28.2 Å². The molecule has 0 unspecified atom stereocenters. The highest BCUT2D eigenvalue weighted by Crippen LogP contribution is 1.90. The minimum atomic E-state index is -0.121. The van der Waals surface area contributed by atoms with Gasteiger partial charge in [-0.05, 0) is 12.5 Å². The van der Waals surface area contributed by atoms with Crippen molar-refractivity contribution in [2.75, 3.05) is 0 Å². The van der Waals surface area contributed by atoms with E-state index in [1.165, 1.54) is 16.8 Å². The second-order valence-corrected chi connectivity index (χ2v) is 2.54. The molecule has 0 amide bonds. The zero-order valence-electron chi connectivity index (χ0n) is 7.03. The van der Waals surface area contributed by atoms with Crippen LogP contribution in [0.4, 0.5) is 0 Å². The van der Waals surface area contributed by atoms with Gasteiger partial charge in [-0.25, -0.2) is 4.68 Å². The van der Waals surface area contributed by atoms with Crippen LogP contribution >= 0.6 is 0 Å². The molecule has 0 aliphatic rings. The molecule has 1 heterocycles. The Balaban J connectivity index is 3.00. The molecule has 1 rings (SSSR count). The third-order valence-electron chi connectivity index (χ3n) is 1.52. The summed E-state index contributed by atoms with van der Waals surface area (Å²) >= 11 is 0. The molecule has 66 valence electrons. The molecule has 0 spiro atoms. The first-order valence-corrected chi connectivity index (χ1v) is 3.96. The van der Waals surface area contributed by atoms with Crippen LogP contribution in [0.1, 0.15) is 19.0 Å². The average Bonchev–Trinajstić information content (AvgIpc) is 2.09. The van der Waals surface area contributed by atoms with Crippen LogP contribution in [0.15, 0.2) is 16.9 Å². The van der Waals surface area contributed by atoms with Gasteiger partial charge in [0.05, 0.1) is 12.3 Å². The number of aryl methyl sites for hydroxylation is 1. The summed E-state index contributed by atoms with van der Waals surface area (Å²) in [7, 11) is 0. The van der Waals surface area contributed by atoms with Gasteiger partial charge in [-0.3, -0.25) is 4.79 Å². The van der Waals surface area contributed by atoms with Crippen molar-refractivity contribution in [1.82, 2.24) is 9.78 Å². The molecule has 1 aromatic heterocycles. The van der Waals surface area contributed by atoms with Crippen molar-refractivity contribution < 1.29 is 5.11 Å². The van der Waals surface area contributed by atoms with Gasteiger partial charge in [0.2, 0.25) is 0 Å². The lowest BCUT2D eigenvalue weighted by atomic mass is 10.4. The molecule has 0 saturated carbocycles. The Labute approximate surface area is 70.5 Å². The van der Waals surface area contributed by atoms with Crippen molar-refractivity contribution >= 4 is 0 Å². The normalized spacial score (nSPS) is 10.2. The van der Waals surface area contributed by atoms with Crippen molar-refractivity contribution in [1.29, 1.82) is 0 Å². The van der Waals surface area contributed by atoms with E-state index in [4.69, 9.17) is 5.11 Å². The van der Waals surface area contributed by atoms with Gasteiger partial charge in [-0.1, -0.05) is 6.92 Å². The number of aliphatic hydroxyl groups excluding tert-OH is 1. The molecule has 1 N–H and O–H groups in total. The summed E-state index contributed by atoms with van der Waals surface area (Å²) in [6.45, 7) is 2.45. The number of nitrogens with zero attached hydrogens (tertiary/aromatic N) is 2. The predicted molar refractivity (Wildman–Crippen MR) is 44.7 cm³/mol. The van der Waals surface area contributed by atoms with Gasteiger partial charge >= 0.3 is 0 Å². The molecule has 4 nitrogen and oxygen atoms in total. The first-order valence-electron chi connectivity index (χ1n) is 3.96. The lowest BCUT2D eigenvalue weighted by Crippen LogP contribution is -2.22. The maximum absolute atomic E-state index is 11.1. The van der Waals surface area contributed by atoms with Crippen LogP contribution in [0.2, 0.25) is 0 Å². The minimum absolute atomic E-state index is 0.117. The molecule has 0 radical (unpaired) electrons. The highest BCUT2D eigenvalue weighted by molar-refractivity contribution is 4.98. The van der Waals surface area contributed by atoms with E-state index in [-0.39, 0.29) is 12.2 Å². The van der Waals surface area contributed by atoms with Gasteiger partial charge in [-0.15, -0.1) is 0 Å². The van der Waals surface area contributed by atoms with E-state index >= 15 is 0 Å². The van der Waals surface area contributed by atoms with Crippen LogP contribution in [0.25, 0.3) is 0 Å². The van der Waals surface area contributed by atoms with Crippen molar-refractivity contribution in [2.45, 2.75) is 26.5 Å². The van der Waals surface area contributed by atoms with E-state index in [2.05, 4.69) is 5.10 Å². The number of hydrogen-bond acceptors (Lipinski definition) is 3. The highest BCUT2D eigenvalue weighted by atomic mass is 16.3. The van der Waals surface area contributed by atoms with Crippen LogP contribution in [0.5, 0.6) is 0 Å². The second kappa shape index (κ2) is 4.01. The summed E-state index contributed by atoms with van der Waals surface area (Å²) in [4.78, 5) is 11.1. The zero-order valence-corrected chi connectivity index (χ0v) is 7.03. The third kappa shape index (κ3) is 1.92. The maximum Gasteiger partial charge on any atom is 0.266 e. The predicted octanol–water partition coefficient (Wildman–Crippen LogP) is 0.146. The number of aromatic nitrogens is 2. The van der Waals surface area contributed by atoms with Gasteiger partial charge in [-0.2, -0.15) is 5.10 Å². The summed E-state index contributed by atoms with van der Waals surface area (Å²) in [5.74, 6) is 0. The Morgan fingerprint density at radius 3 is 2.92 bits per heavy atom. The third-order valence-corrected chi connectivity index (χ3v) is 1.52. The topological polar surface area (TPSA) is 55.1 Å². The number of rotatable bonds is 3. The largest absolute Gasteiger partial charge is 0.390 e. The summed E-state index contributed by atoms with van der Waals surface area (Å²) < 4.78 is 1.37. The molecule has 0 fully saturated rings. The van der Waals surface area contributed by atoms with Gasteiger partial charge in [0.25, 0.3) is 5.56 Å². The molecule has 0 bridgehead atoms. The van der Waals surface area contributed by atoms with E-state index in [9.17, 15) is 4.79 Å². The fourth-order valence-electron chi connectivity index (χ4n) is 0.948. The smallest absolute Gasteiger partial charge is 0.266 e. The van der Waals surface area contributed by atoms with Crippen molar-refractivity contribution in [3.8, 4) is 0 Å². The molecular formula is C8H12N2O2. The SMILES string of the molecule is CCCn1nc(CO)ccc1=O. The van der Waals surface area contributed by atoms with Crippen LogP contribution < -0.4 is 5.56 Å². The Morgan fingerprint density at radius 1 is 1.58 bits per heavy atom. The van der Waals surface area contributed by atoms with Crippen molar-refractivity contribution in [3.63, 3.8) is 0 Å². The molecule has 0 aliphatic heterocycles. The summed E-state index contributed by atoms with van der Waals surface area (Å²) in [6, 6.07) is 2.96. The van der Waals surface area contributed by atoms with Gasteiger partial charge in [0, 0.05) is 12.6 Å². The number of aliphatic hydroxyl groups is 1. The highest BCUT2D eigenvalue weighted by Gasteiger charge is 1.97. The fraction of sp³-hybridized carbons (Fsp3) is 0.500. The molecule has 4 heteroatoms. The minimum Gasteiger partial charge on any atom is -0.390 e. The molecule has 12 heavy (non-hydrogen) atoms. The fourth-order valence-corrected chi connectivity index (χ4v) is 0.948. The maximum atomic E-state index is 11.1. The van der Waals surface area contributed by atoms with Gasteiger partial charge < -0.3 is 5.11 Å². The average molecular weight is 168 g/mol.